The number of ether oxygens (including phenoxy) is 2. The van der Waals surface area contributed by atoms with E-state index in [1.807, 2.05) is 6.92 Å². The third-order valence-corrected chi connectivity index (χ3v) is 4.03. The van der Waals surface area contributed by atoms with Crippen molar-refractivity contribution in [1.82, 2.24) is 5.32 Å². The largest absolute Gasteiger partial charge is 0.394 e. The molecular formula is C16H29NO7. The molecule has 0 spiro atoms. The molecule has 4 N–H and O–H groups in total. The minimum atomic E-state index is -1.31. The van der Waals surface area contributed by atoms with Gasteiger partial charge in [-0.2, -0.15) is 0 Å². The molecule has 8 nitrogen and oxygen atoms in total. The first-order chi connectivity index (χ1) is 11.4. The number of carbonyl (C=O) groups is 2. The van der Waals surface area contributed by atoms with Gasteiger partial charge in [-0.15, -0.1) is 0 Å². The van der Waals surface area contributed by atoms with Crippen molar-refractivity contribution >= 4 is 11.7 Å². The predicted molar refractivity (Wildman–Crippen MR) is 85.1 cm³/mol. The maximum absolute atomic E-state index is 11.3. The second kappa shape index (κ2) is 10.7. The lowest BCUT2D eigenvalue weighted by molar-refractivity contribution is -0.270. The molecule has 0 bridgehead atoms. The van der Waals surface area contributed by atoms with Crippen LogP contribution in [0.5, 0.6) is 0 Å². The number of Topliss-reactive ketones (excluding diaryl/α,β-unsaturated/α-hetero) is 1. The van der Waals surface area contributed by atoms with Gasteiger partial charge in [-0.1, -0.05) is 13.3 Å². The van der Waals surface area contributed by atoms with E-state index in [1.54, 1.807) is 0 Å². The first-order valence-electron chi connectivity index (χ1n) is 8.43. The van der Waals surface area contributed by atoms with E-state index in [-0.39, 0.29) is 11.7 Å². The Morgan fingerprint density at radius 2 is 1.88 bits per heavy atom. The van der Waals surface area contributed by atoms with Crippen molar-refractivity contribution in [2.24, 2.45) is 0 Å². The first-order valence-corrected chi connectivity index (χ1v) is 8.43. The van der Waals surface area contributed by atoms with Crippen LogP contribution in [0.1, 0.15) is 46.0 Å². The zero-order chi connectivity index (χ0) is 18.1. The van der Waals surface area contributed by atoms with Crippen LogP contribution in [-0.2, 0) is 19.1 Å². The van der Waals surface area contributed by atoms with Crippen molar-refractivity contribution in [1.29, 1.82) is 0 Å². The van der Waals surface area contributed by atoms with E-state index in [1.165, 1.54) is 6.92 Å². The molecule has 0 aromatic heterocycles. The van der Waals surface area contributed by atoms with Gasteiger partial charge in [0.15, 0.2) is 6.29 Å². The summed E-state index contributed by atoms with van der Waals surface area (Å²) in [5.74, 6) is -0.149. The molecular weight excluding hydrogens is 318 g/mol. The third kappa shape index (κ3) is 6.45. The monoisotopic (exact) mass is 347 g/mol. The van der Waals surface area contributed by atoms with Crippen LogP contribution in [0.25, 0.3) is 0 Å². The molecule has 1 amide bonds. The normalized spacial score (nSPS) is 30.1. The van der Waals surface area contributed by atoms with E-state index in [0.29, 0.717) is 25.9 Å². The number of aliphatic hydroxyl groups is 3. The highest BCUT2D eigenvalue weighted by atomic mass is 16.7. The maximum atomic E-state index is 11.3. The van der Waals surface area contributed by atoms with E-state index in [0.717, 1.165) is 12.8 Å². The summed E-state index contributed by atoms with van der Waals surface area (Å²) in [6, 6.07) is -0.915. The third-order valence-electron chi connectivity index (χ3n) is 4.03. The number of nitrogens with one attached hydrogen (secondary N) is 1. The summed E-state index contributed by atoms with van der Waals surface area (Å²) in [5.41, 5.74) is 0. The van der Waals surface area contributed by atoms with Gasteiger partial charge in [-0.05, 0) is 12.8 Å². The van der Waals surface area contributed by atoms with Gasteiger partial charge >= 0.3 is 0 Å². The molecule has 1 aliphatic rings. The Balaban J connectivity index is 2.45. The van der Waals surface area contributed by atoms with Crippen LogP contribution in [0.15, 0.2) is 0 Å². The standard InChI is InChI=1S/C16H29NO7/c1-3-11(20)7-5-4-6-8-23-16-13(17-10(2)19)15(22)14(21)12(9-18)24-16/h12-16,18,21-22H,3-9H2,1-2H3,(H,17,19)/t12?,13?,14-,15?,16+/m0/s1. The quantitative estimate of drug-likeness (QED) is 0.392. The number of amides is 1. The molecule has 140 valence electrons. The topological polar surface area (TPSA) is 125 Å². The molecule has 1 heterocycles. The first kappa shape index (κ1) is 21.0. The maximum Gasteiger partial charge on any atom is 0.217 e. The van der Waals surface area contributed by atoms with E-state index in [4.69, 9.17) is 9.47 Å². The fraction of sp³-hybridized carbons (Fsp3) is 0.875. The minimum absolute atomic E-state index is 0.236. The fourth-order valence-corrected chi connectivity index (χ4v) is 2.59. The van der Waals surface area contributed by atoms with Crippen LogP contribution in [0, 0.1) is 0 Å². The summed E-state index contributed by atoms with van der Waals surface area (Å²) in [6.45, 7) is 2.98. The number of rotatable bonds is 10. The number of unbranched alkanes of at least 4 members (excludes halogenated alkanes) is 2. The van der Waals surface area contributed by atoms with Crippen LogP contribution in [0.2, 0.25) is 0 Å². The van der Waals surface area contributed by atoms with Gasteiger partial charge in [0, 0.05) is 26.4 Å². The van der Waals surface area contributed by atoms with Gasteiger partial charge in [-0.25, -0.2) is 0 Å². The van der Waals surface area contributed by atoms with Gasteiger partial charge in [0.25, 0.3) is 0 Å². The van der Waals surface area contributed by atoms with Gasteiger partial charge in [0.2, 0.25) is 5.91 Å². The summed E-state index contributed by atoms with van der Waals surface area (Å²) in [5, 5.41) is 31.7. The van der Waals surface area contributed by atoms with Gasteiger partial charge in [0.1, 0.15) is 30.1 Å². The Morgan fingerprint density at radius 1 is 1.17 bits per heavy atom. The average Bonchev–Trinajstić information content (AvgIpc) is 2.56. The summed E-state index contributed by atoms with van der Waals surface area (Å²) >= 11 is 0. The van der Waals surface area contributed by atoms with Crippen LogP contribution < -0.4 is 5.32 Å². The molecule has 0 aliphatic carbocycles. The van der Waals surface area contributed by atoms with E-state index in [2.05, 4.69) is 5.32 Å². The molecule has 8 heteroatoms. The molecule has 5 atom stereocenters. The lowest BCUT2D eigenvalue weighted by atomic mass is 9.97. The predicted octanol–water partition coefficient (Wildman–Crippen LogP) is -0.514. The van der Waals surface area contributed by atoms with E-state index < -0.39 is 37.3 Å². The number of aliphatic hydroxyl groups excluding tert-OH is 3. The Hall–Kier alpha value is -1.06. The molecule has 1 saturated heterocycles. The lowest BCUT2D eigenvalue weighted by Gasteiger charge is -2.42. The Morgan fingerprint density at radius 3 is 2.46 bits per heavy atom. The molecule has 3 unspecified atom stereocenters. The Labute approximate surface area is 142 Å². The SMILES string of the molecule is CCC(=O)CCCCCO[C@@H]1OC(CO)[C@H](O)C(O)C1NC(C)=O. The Bertz CT molecular complexity index is 404. The zero-order valence-corrected chi connectivity index (χ0v) is 14.3. The molecule has 0 saturated carbocycles. The van der Waals surface area contributed by atoms with Gasteiger partial charge < -0.3 is 30.1 Å². The van der Waals surface area contributed by atoms with Crippen molar-refractivity contribution in [3.8, 4) is 0 Å². The molecule has 1 rings (SSSR count). The van der Waals surface area contributed by atoms with Crippen LogP contribution in [0.4, 0.5) is 0 Å². The second-order valence-corrected chi connectivity index (χ2v) is 6.01. The van der Waals surface area contributed by atoms with Crippen molar-refractivity contribution in [2.75, 3.05) is 13.2 Å². The van der Waals surface area contributed by atoms with Crippen molar-refractivity contribution < 1.29 is 34.4 Å². The van der Waals surface area contributed by atoms with Gasteiger partial charge in [0.05, 0.1) is 6.61 Å². The smallest absolute Gasteiger partial charge is 0.217 e. The van der Waals surface area contributed by atoms with E-state index >= 15 is 0 Å². The fourth-order valence-electron chi connectivity index (χ4n) is 2.59. The molecule has 0 aromatic rings. The number of hydrogen-bond acceptors (Lipinski definition) is 7. The minimum Gasteiger partial charge on any atom is -0.394 e. The summed E-state index contributed by atoms with van der Waals surface area (Å²) in [7, 11) is 0. The number of ketones is 1. The number of carbonyl (C=O) groups excluding carboxylic acids is 2. The van der Waals surface area contributed by atoms with Crippen LogP contribution in [0.3, 0.4) is 0 Å². The summed E-state index contributed by atoms with van der Waals surface area (Å²) < 4.78 is 11.0. The van der Waals surface area contributed by atoms with Crippen molar-refractivity contribution in [3.63, 3.8) is 0 Å². The molecule has 0 aromatic carbocycles. The van der Waals surface area contributed by atoms with Gasteiger partial charge in [-0.3, -0.25) is 9.59 Å². The lowest BCUT2D eigenvalue weighted by Crippen LogP contribution is -2.64. The van der Waals surface area contributed by atoms with E-state index in [9.17, 15) is 24.9 Å². The second-order valence-electron chi connectivity index (χ2n) is 6.01. The molecule has 1 fully saturated rings. The highest BCUT2D eigenvalue weighted by molar-refractivity contribution is 5.77. The van der Waals surface area contributed by atoms with Crippen LogP contribution in [-0.4, -0.2) is 70.9 Å². The summed E-state index contributed by atoms with van der Waals surface area (Å²) in [4.78, 5) is 22.5. The highest BCUT2D eigenvalue weighted by Gasteiger charge is 2.45. The molecule has 24 heavy (non-hydrogen) atoms. The van der Waals surface area contributed by atoms with Crippen LogP contribution >= 0.6 is 0 Å². The van der Waals surface area contributed by atoms with Crippen molar-refractivity contribution in [2.45, 2.75) is 76.6 Å². The molecule has 1 aliphatic heterocycles. The highest BCUT2D eigenvalue weighted by Crippen LogP contribution is 2.22. The van der Waals surface area contributed by atoms with Crippen molar-refractivity contribution in [3.05, 3.63) is 0 Å². The average molecular weight is 347 g/mol. The molecule has 0 radical (unpaired) electrons. The Kier molecular flexibility index (Phi) is 9.38. The summed E-state index contributed by atoms with van der Waals surface area (Å²) in [6.07, 6.45) is -1.13. The number of hydrogen-bond donors (Lipinski definition) is 4. The zero-order valence-electron chi connectivity index (χ0n) is 14.3.